The Morgan fingerprint density at radius 1 is 1.15 bits per heavy atom. The maximum Gasteiger partial charge on any atom is 0.308 e. The van der Waals surface area contributed by atoms with Crippen LogP contribution < -0.4 is 9.47 Å². The predicted octanol–water partition coefficient (Wildman–Crippen LogP) is 3.74. The minimum Gasteiger partial charge on any atom is -0.496 e. The van der Waals surface area contributed by atoms with E-state index in [-0.39, 0.29) is 31.0 Å². The maximum absolute atomic E-state index is 13.5. The van der Waals surface area contributed by atoms with Crippen LogP contribution in [-0.2, 0) is 22.4 Å². The van der Waals surface area contributed by atoms with Crippen molar-refractivity contribution >= 4 is 11.9 Å². The van der Waals surface area contributed by atoms with E-state index in [1.807, 2.05) is 41.3 Å². The average Bonchev–Trinajstić information content (AvgIpc) is 3.56. The number of amides is 1. The molecule has 2 aromatic carbocycles. The van der Waals surface area contributed by atoms with Gasteiger partial charge in [0.25, 0.3) is 0 Å². The third kappa shape index (κ3) is 6.92. The molecule has 2 aliphatic rings. The molecular formula is C31H42N2O6. The smallest absolute Gasteiger partial charge is 0.308 e. The van der Waals surface area contributed by atoms with Crippen molar-refractivity contribution < 1.29 is 29.3 Å². The number of benzene rings is 2. The molecule has 3 atom stereocenters. The molecule has 0 radical (unpaired) electrons. The van der Waals surface area contributed by atoms with Gasteiger partial charge in [-0.15, -0.1) is 0 Å². The van der Waals surface area contributed by atoms with Gasteiger partial charge in [0.2, 0.25) is 5.91 Å². The average molecular weight is 539 g/mol. The van der Waals surface area contributed by atoms with Gasteiger partial charge in [0, 0.05) is 44.6 Å². The zero-order valence-corrected chi connectivity index (χ0v) is 23.2. The number of rotatable bonds is 14. The van der Waals surface area contributed by atoms with E-state index < -0.39 is 11.9 Å². The van der Waals surface area contributed by atoms with Gasteiger partial charge in [-0.25, -0.2) is 0 Å². The van der Waals surface area contributed by atoms with Crippen LogP contribution in [0.4, 0.5) is 0 Å². The number of aryl methyl sites for hydroxylation is 1. The number of aliphatic carboxylic acids is 1. The lowest BCUT2D eigenvalue weighted by Gasteiger charge is -2.30. The van der Waals surface area contributed by atoms with Gasteiger partial charge >= 0.3 is 5.97 Å². The van der Waals surface area contributed by atoms with E-state index in [1.165, 1.54) is 0 Å². The summed E-state index contributed by atoms with van der Waals surface area (Å²) in [6, 6.07) is 13.5. The lowest BCUT2D eigenvalue weighted by molar-refractivity contribution is -0.143. The van der Waals surface area contributed by atoms with Crippen LogP contribution in [0.15, 0.2) is 42.5 Å². The molecule has 8 heteroatoms. The van der Waals surface area contributed by atoms with Crippen molar-refractivity contribution in [1.29, 1.82) is 0 Å². The number of unbranched alkanes of at least 4 members (excludes halogenated alkanes) is 1. The molecule has 1 amide bonds. The highest BCUT2D eigenvalue weighted by molar-refractivity contribution is 5.79. The standard InChI is InChI=1S/C31H42N2O6/c1-3-4-15-32(16-7-17-34)29(35)21-33-20-25(23-11-13-28-24(19-23)14-18-39-28)30(31(36)37)26(33)12-10-22-8-5-6-9-27(22)38-2/h5-6,8-9,11,13,19,25-26,30,34H,3-4,7,10,12,14-18,20-21H2,1-2H3,(H,36,37). The summed E-state index contributed by atoms with van der Waals surface area (Å²) in [5.41, 5.74) is 3.14. The number of carbonyl (C=O) groups excluding carboxylic acids is 1. The van der Waals surface area contributed by atoms with Crippen molar-refractivity contribution in [3.05, 3.63) is 59.2 Å². The summed E-state index contributed by atoms with van der Waals surface area (Å²) in [6.45, 7) is 4.59. The Balaban J connectivity index is 1.61. The van der Waals surface area contributed by atoms with Gasteiger partial charge in [-0.1, -0.05) is 43.7 Å². The number of carboxylic acid groups (broad SMARTS) is 1. The molecule has 0 bridgehead atoms. The molecule has 2 aliphatic heterocycles. The monoisotopic (exact) mass is 538 g/mol. The van der Waals surface area contributed by atoms with Crippen molar-refractivity contribution in [2.75, 3.05) is 46.5 Å². The predicted molar refractivity (Wildman–Crippen MR) is 149 cm³/mol. The Labute approximate surface area is 231 Å². The quantitative estimate of drug-likeness (QED) is 0.378. The number of fused-ring (bicyclic) bond motifs is 1. The SMILES string of the molecule is CCCCN(CCCO)C(=O)CN1CC(c2ccc3c(c2)CCO3)C(C(=O)O)C1CCc1ccccc1OC. The van der Waals surface area contributed by atoms with E-state index >= 15 is 0 Å². The Bertz CT molecular complexity index is 1110. The Hall–Kier alpha value is -3.10. The van der Waals surface area contributed by atoms with Crippen LogP contribution >= 0.6 is 0 Å². The number of carbonyl (C=O) groups is 2. The summed E-state index contributed by atoms with van der Waals surface area (Å²) in [7, 11) is 1.64. The zero-order chi connectivity index (χ0) is 27.8. The molecule has 2 N–H and O–H groups in total. The minimum atomic E-state index is -0.833. The normalized spacial score (nSPS) is 20.4. The molecule has 1 fully saturated rings. The van der Waals surface area contributed by atoms with Crippen molar-refractivity contribution in [2.24, 2.45) is 5.92 Å². The molecule has 1 saturated heterocycles. The molecule has 8 nitrogen and oxygen atoms in total. The fraction of sp³-hybridized carbons (Fsp3) is 0.548. The van der Waals surface area contributed by atoms with Crippen molar-refractivity contribution in [3.8, 4) is 11.5 Å². The largest absolute Gasteiger partial charge is 0.496 e. The van der Waals surface area contributed by atoms with Gasteiger partial charge < -0.3 is 24.6 Å². The molecule has 2 heterocycles. The lowest BCUT2D eigenvalue weighted by Crippen LogP contribution is -2.45. The number of hydrogen-bond acceptors (Lipinski definition) is 6. The van der Waals surface area contributed by atoms with E-state index in [0.29, 0.717) is 45.5 Å². The minimum absolute atomic E-state index is 0.00802. The topological polar surface area (TPSA) is 99.5 Å². The summed E-state index contributed by atoms with van der Waals surface area (Å²) in [5.74, 6) is -0.0558. The van der Waals surface area contributed by atoms with Gasteiger partial charge in [-0.3, -0.25) is 14.5 Å². The number of carboxylic acids is 1. The Kier molecular flexibility index (Phi) is 10.2. The first kappa shape index (κ1) is 28.9. The van der Waals surface area contributed by atoms with Crippen molar-refractivity contribution in [2.45, 2.75) is 57.4 Å². The first-order chi connectivity index (χ1) is 19.0. The molecule has 2 aromatic rings. The molecule has 39 heavy (non-hydrogen) atoms. The number of aliphatic hydroxyl groups excluding tert-OH is 1. The number of hydrogen-bond donors (Lipinski definition) is 2. The molecule has 4 rings (SSSR count). The number of ether oxygens (including phenoxy) is 2. The second-order valence-corrected chi connectivity index (χ2v) is 10.6. The molecule has 0 saturated carbocycles. The second kappa shape index (κ2) is 13.8. The maximum atomic E-state index is 13.5. The van der Waals surface area contributed by atoms with Crippen LogP contribution in [0, 0.1) is 5.92 Å². The molecule has 0 aromatic heterocycles. The van der Waals surface area contributed by atoms with Crippen molar-refractivity contribution in [3.63, 3.8) is 0 Å². The molecule has 0 spiro atoms. The molecule has 3 unspecified atom stereocenters. The summed E-state index contributed by atoms with van der Waals surface area (Å²) < 4.78 is 11.2. The highest BCUT2D eigenvalue weighted by Gasteiger charge is 2.47. The van der Waals surface area contributed by atoms with Crippen LogP contribution in [0.25, 0.3) is 0 Å². The molecule has 0 aliphatic carbocycles. The van der Waals surface area contributed by atoms with Gasteiger partial charge in [0.15, 0.2) is 0 Å². The highest BCUT2D eigenvalue weighted by atomic mass is 16.5. The van der Waals surface area contributed by atoms with E-state index in [0.717, 1.165) is 47.5 Å². The lowest BCUT2D eigenvalue weighted by atomic mass is 9.83. The van der Waals surface area contributed by atoms with Crippen LogP contribution in [0.5, 0.6) is 11.5 Å². The number of likely N-dealkylation sites (tertiary alicyclic amines) is 1. The van der Waals surface area contributed by atoms with E-state index in [9.17, 15) is 19.8 Å². The number of aliphatic hydroxyl groups is 1. The zero-order valence-electron chi connectivity index (χ0n) is 23.2. The van der Waals surface area contributed by atoms with Gasteiger partial charge in [-0.05, 0) is 54.5 Å². The number of methoxy groups -OCH3 is 1. The summed E-state index contributed by atoms with van der Waals surface area (Å²) >= 11 is 0. The fourth-order valence-corrected chi connectivity index (χ4v) is 6.09. The third-order valence-corrected chi connectivity index (χ3v) is 8.14. The number of para-hydroxylation sites is 1. The summed E-state index contributed by atoms with van der Waals surface area (Å²) in [4.78, 5) is 30.2. The van der Waals surface area contributed by atoms with Crippen LogP contribution in [-0.4, -0.2) is 84.4 Å². The Morgan fingerprint density at radius 3 is 2.69 bits per heavy atom. The van der Waals surface area contributed by atoms with Crippen molar-refractivity contribution in [1.82, 2.24) is 9.80 Å². The molecule has 212 valence electrons. The summed E-state index contributed by atoms with van der Waals surface area (Å²) in [6.07, 6.45) is 4.47. The van der Waals surface area contributed by atoms with Gasteiger partial charge in [0.1, 0.15) is 11.5 Å². The fourth-order valence-electron chi connectivity index (χ4n) is 6.09. The first-order valence-electron chi connectivity index (χ1n) is 14.2. The van der Waals surface area contributed by atoms with Crippen LogP contribution in [0.2, 0.25) is 0 Å². The van der Waals surface area contributed by atoms with E-state index in [2.05, 4.69) is 17.9 Å². The molecular weight excluding hydrogens is 496 g/mol. The van der Waals surface area contributed by atoms with Gasteiger partial charge in [-0.2, -0.15) is 0 Å². The summed E-state index contributed by atoms with van der Waals surface area (Å²) in [5, 5.41) is 19.9. The second-order valence-electron chi connectivity index (χ2n) is 10.6. The van der Waals surface area contributed by atoms with E-state index in [4.69, 9.17) is 9.47 Å². The third-order valence-electron chi connectivity index (χ3n) is 8.14. The first-order valence-corrected chi connectivity index (χ1v) is 14.2. The Morgan fingerprint density at radius 2 is 1.95 bits per heavy atom. The van der Waals surface area contributed by atoms with Gasteiger partial charge in [0.05, 0.1) is 26.2 Å². The number of nitrogens with zero attached hydrogens (tertiary/aromatic N) is 2. The van der Waals surface area contributed by atoms with Crippen LogP contribution in [0.3, 0.4) is 0 Å². The highest BCUT2D eigenvalue weighted by Crippen LogP contribution is 2.41. The van der Waals surface area contributed by atoms with E-state index in [1.54, 1.807) is 7.11 Å². The van der Waals surface area contributed by atoms with Crippen LogP contribution in [0.1, 0.15) is 55.2 Å².